The van der Waals surface area contributed by atoms with E-state index < -0.39 is 11.5 Å². The summed E-state index contributed by atoms with van der Waals surface area (Å²) in [5.74, 6) is -0.719. The normalized spacial score (nSPS) is 13.9. The van der Waals surface area contributed by atoms with E-state index in [9.17, 15) is 9.59 Å². The summed E-state index contributed by atoms with van der Waals surface area (Å²) in [7, 11) is 1.48. The van der Waals surface area contributed by atoms with Crippen LogP contribution < -0.4 is 5.32 Å². The van der Waals surface area contributed by atoms with E-state index in [0.717, 1.165) is 5.56 Å². The molecule has 0 fully saturated rings. The Labute approximate surface area is 143 Å². The molecule has 0 spiro atoms. The standard InChI is InChI=1S/C19H27NO4/c1-14(2)16-10-8-15(9-11-16)6-5-7-17(21)20-19(3,13-24-4)12-18(22)23/h5-6,8-11,14H,7,12-13H2,1-4H3,(H,20,21)(H,22,23)/b6-5+. The van der Waals surface area contributed by atoms with E-state index in [2.05, 4.69) is 31.3 Å². The van der Waals surface area contributed by atoms with E-state index in [1.807, 2.05) is 18.2 Å². The predicted octanol–water partition coefficient (Wildman–Crippen LogP) is 3.21. The molecule has 1 amide bonds. The lowest BCUT2D eigenvalue weighted by atomic mass is 9.98. The van der Waals surface area contributed by atoms with Gasteiger partial charge >= 0.3 is 5.97 Å². The first kappa shape index (κ1) is 19.9. The molecular weight excluding hydrogens is 306 g/mol. The van der Waals surface area contributed by atoms with E-state index in [0.29, 0.717) is 5.92 Å². The van der Waals surface area contributed by atoms with Crippen LogP contribution in [0.1, 0.15) is 50.7 Å². The molecule has 0 bridgehead atoms. The van der Waals surface area contributed by atoms with Crippen LogP contribution >= 0.6 is 0 Å². The Bertz CT molecular complexity index is 578. The molecule has 1 atom stereocenters. The Kier molecular flexibility index (Phi) is 7.65. The second-order valence-corrected chi connectivity index (χ2v) is 6.54. The molecule has 5 nitrogen and oxygen atoms in total. The van der Waals surface area contributed by atoms with E-state index >= 15 is 0 Å². The van der Waals surface area contributed by atoms with Crippen LogP contribution in [0.25, 0.3) is 6.08 Å². The lowest BCUT2D eigenvalue weighted by molar-refractivity contribution is -0.139. The highest BCUT2D eigenvalue weighted by Crippen LogP contribution is 2.15. The number of methoxy groups -OCH3 is 1. The summed E-state index contributed by atoms with van der Waals surface area (Å²) in [5.41, 5.74) is 1.39. The van der Waals surface area contributed by atoms with Crippen molar-refractivity contribution in [3.05, 3.63) is 41.5 Å². The van der Waals surface area contributed by atoms with E-state index in [1.54, 1.807) is 13.0 Å². The highest BCUT2D eigenvalue weighted by molar-refractivity contribution is 5.80. The number of amides is 1. The third kappa shape index (κ3) is 6.96. The molecule has 0 aliphatic heterocycles. The zero-order chi connectivity index (χ0) is 18.2. The molecular formula is C19H27NO4. The van der Waals surface area contributed by atoms with E-state index in [1.165, 1.54) is 12.7 Å². The average molecular weight is 333 g/mol. The third-order valence-electron chi connectivity index (χ3n) is 3.66. The molecule has 132 valence electrons. The number of ether oxygens (including phenoxy) is 1. The topological polar surface area (TPSA) is 75.6 Å². The number of rotatable bonds is 9. The van der Waals surface area contributed by atoms with Gasteiger partial charge in [-0.05, 0) is 24.0 Å². The zero-order valence-corrected chi connectivity index (χ0v) is 14.8. The van der Waals surface area contributed by atoms with Crippen molar-refractivity contribution < 1.29 is 19.4 Å². The molecule has 0 saturated carbocycles. The molecule has 5 heteroatoms. The van der Waals surface area contributed by atoms with Gasteiger partial charge in [0.25, 0.3) is 0 Å². The summed E-state index contributed by atoms with van der Waals surface area (Å²) >= 11 is 0. The highest BCUT2D eigenvalue weighted by Gasteiger charge is 2.29. The van der Waals surface area contributed by atoms with Gasteiger partial charge in [0, 0.05) is 13.5 Å². The van der Waals surface area contributed by atoms with Crippen molar-refractivity contribution in [1.82, 2.24) is 5.32 Å². The van der Waals surface area contributed by atoms with Crippen molar-refractivity contribution in [1.29, 1.82) is 0 Å². The smallest absolute Gasteiger partial charge is 0.305 e. The Morgan fingerprint density at radius 2 is 1.92 bits per heavy atom. The van der Waals surface area contributed by atoms with Crippen LogP contribution in [-0.4, -0.2) is 36.2 Å². The van der Waals surface area contributed by atoms with Gasteiger partial charge in [-0.1, -0.05) is 50.3 Å². The summed E-state index contributed by atoms with van der Waals surface area (Å²) in [4.78, 5) is 23.0. The number of hydrogen-bond donors (Lipinski definition) is 2. The number of nitrogens with one attached hydrogen (secondary N) is 1. The minimum Gasteiger partial charge on any atom is -0.481 e. The minimum atomic E-state index is -0.976. The summed E-state index contributed by atoms with van der Waals surface area (Å²) in [5, 5.41) is 11.7. The van der Waals surface area contributed by atoms with Crippen molar-refractivity contribution in [3.63, 3.8) is 0 Å². The number of hydrogen-bond acceptors (Lipinski definition) is 3. The van der Waals surface area contributed by atoms with Gasteiger partial charge in [0.15, 0.2) is 0 Å². The van der Waals surface area contributed by atoms with Crippen LogP contribution in [0.15, 0.2) is 30.3 Å². The molecule has 0 radical (unpaired) electrons. The fraction of sp³-hybridized carbons (Fsp3) is 0.474. The van der Waals surface area contributed by atoms with Crippen molar-refractivity contribution in [2.45, 2.75) is 45.1 Å². The maximum Gasteiger partial charge on any atom is 0.305 e. The number of carboxylic acids is 1. The summed E-state index contributed by atoms with van der Waals surface area (Å²) < 4.78 is 5.02. The molecule has 0 aliphatic carbocycles. The van der Waals surface area contributed by atoms with Gasteiger partial charge in [-0.2, -0.15) is 0 Å². The van der Waals surface area contributed by atoms with Crippen LogP contribution in [0, 0.1) is 0 Å². The molecule has 0 saturated heterocycles. The van der Waals surface area contributed by atoms with Crippen molar-refractivity contribution in [2.75, 3.05) is 13.7 Å². The van der Waals surface area contributed by atoms with Crippen LogP contribution in [0.3, 0.4) is 0 Å². The van der Waals surface area contributed by atoms with E-state index in [-0.39, 0.29) is 25.4 Å². The zero-order valence-electron chi connectivity index (χ0n) is 14.8. The van der Waals surface area contributed by atoms with Crippen LogP contribution in [0.4, 0.5) is 0 Å². The van der Waals surface area contributed by atoms with Gasteiger partial charge < -0.3 is 15.2 Å². The second-order valence-electron chi connectivity index (χ2n) is 6.54. The Balaban J connectivity index is 2.59. The second kappa shape index (κ2) is 9.23. The summed E-state index contributed by atoms with van der Waals surface area (Å²) in [6, 6.07) is 8.19. The van der Waals surface area contributed by atoms with Gasteiger partial charge in [-0.3, -0.25) is 9.59 Å². The maximum atomic E-state index is 12.0. The van der Waals surface area contributed by atoms with Crippen molar-refractivity contribution in [3.8, 4) is 0 Å². The van der Waals surface area contributed by atoms with Crippen molar-refractivity contribution >= 4 is 18.0 Å². The SMILES string of the molecule is COCC(C)(CC(=O)O)NC(=O)C/C=C/c1ccc(C(C)C)cc1. The molecule has 1 rings (SSSR count). The number of carboxylic acid groups (broad SMARTS) is 1. The summed E-state index contributed by atoms with van der Waals surface area (Å²) in [6.45, 7) is 6.09. The first-order chi connectivity index (χ1) is 11.3. The fourth-order valence-electron chi connectivity index (χ4n) is 2.47. The Hall–Kier alpha value is -2.14. The van der Waals surface area contributed by atoms with Crippen LogP contribution in [-0.2, 0) is 14.3 Å². The summed E-state index contributed by atoms with van der Waals surface area (Å²) in [6.07, 6.45) is 3.65. The first-order valence-electron chi connectivity index (χ1n) is 8.04. The predicted molar refractivity (Wildman–Crippen MR) is 94.9 cm³/mol. The molecule has 0 aliphatic rings. The molecule has 1 unspecified atom stereocenters. The molecule has 2 N–H and O–H groups in total. The number of carbonyl (C=O) groups excluding carboxylic acids is 1. The average Bonchev–Trinajstić information content (AvgIpc) is 2.46. The lowest BCUT2D eigenvalue weighted by Gasteiger charge is -2.28. The largest absolute Gasteiger partial charge is 0.481 e. The number of benzene rings is 1. The molecule has 1 aromatic carbocycles. The highest BCUT2D eigenvalue weighted by atomic mass is 16.5. The Morgan fingerprint density at radius 3 is 2.42 bits per heavy atom. The molecule has 0 heterocycles. The number of aliphatic carboxylic acids is 1. The van der Waals surface area contributed by atoms with Gasteiger partial charge in [-0.25, -0.2) is 0 Å². The van der Waals surface area contributed by atoms with Gasteiger partial charge in [0.05, 0.1) is 18.6 Å². The molecule has 1 aromatic rings. The molecule has 24 heavy (non-hydrogen) atoms. The maximum absolute atomic E-state index is 12.0. The van der Waals surface area contributed by atoms with Crippen molar-refractivity contribution in [2.24, 2.45) is 0 Å². The lowest BCUT2D eigenvalue weighted by Crippen LogP contribution is -2.50. The van der Waals surface area contributed by atoms with Crippen LogP contribution in [0.2, 0.25) is 0 Å². The fourth-order valence-corrected chi connectivity index (χ4v) is 2.47. The Morgan fingerprint density at radius 1 is 1.29 bits per heavy atom. The minimum absolute atomic E-state index is 0.144. The number of carbonyl (C=O) groups is 2. The third-order valence-corrected chi connectivity index (χ3v) is 3.66. The molecule has 0 aromatic heterocycles. The first-order valence-corrected chi connectivity index (χ1v) is 8.04. The van der Waals surface area contributed by atoms with Gasteiger partial charge in [0.2, 0.25) is 5.91 Å². The van der Waals surface area contributed by atoms with Crippen LogP contribution in [0.5, 0.6) is 0 Å². The van der Waals surface area contributed by atoms with Gasteiger partial charge in [-0.15, -0.1) is 0 Å². The van der Waals surface area contributed by atoms with Gasteiger partial charge in [0.1, 0.15) is 0 Å². The quantitative estimate of drug-likeness (QED) is 0.727. The monoisotopic (exact) mass is 333 g/mol. The van der Waals surface area contributed by atoms with E-state index in [4.69, 9.17) is 9.84 Å².